The molecule has 0 saturated heterocycles. The zero-order valence-corrected chi connectivity index (χ0v) is 8.07. The van der Waals surface area contributed by atoms with Crippen molar-refractivity contribution in [3.05, 3.63) is 28.4 Å². The van der Waals surface area contributed by atoms with E-state index in [1.165, 1.54) is 12.3 Å². The highest BCUT2D eigenvalue weighted by Crippen LogP contribution is 2.34. The van der Waals surface area contributed by atoms with Crippen molar-refractivity contribution in [3.63, 3.8) is 0 Å². The lowest BCUT2D eigenvalue weighted by Crippen LogP contribution is -1.91. The minimum absolute atomic E-state index is 0.0780. The molecule has 0 radical (unpaired) electrons. The number of rotatable bonds is 1. The van der Waals surface area contributed by atoms with Crippen molar-refractivity contribution in [3.8, 4) is 0 Å². The molecule has 1 aromatic heterocycles. The third-order valence-electron chi connectivity index (χ3n) is 2.22. The summed E-state index contributed by atoms with van der Waals surface area (Å²) in [6.45, 7) is 1.62. The quantitative estimate of drug-likeness (QED) is 0.777. The second-order valence-corrected chi connectivity index (χ2v) is 3.44. The van der Waals surface area contributed by atoms with Gasteiger partial charge in [-0.05, 0) is 18.6 Å². The van der Waals surface area contributed by atoms with Crippen LogP contribution in [0.25, 0.3) is 10.9 Å². The maximum atomic E-state index is 12.6. The fourth-order valence-electron chi connectivity index (χ4n) is 1.50. The monoisotopic (exact) mass is 216 g/mol. The number of benzene rings is 1. The highest BCUT2D eigenvalue weighted by Gasteiger charge is 2.17. The maximum absolute atomic E-state index is 12.6. The first kappa shape index (κ1) is 9.40. The lowest BCUT2D eigenvalue weighted by molar-refractivity contribution is 0.151. The highest BCUT2D eigenvalue weighted by molar-refractivity contribution is 6.32. The predicted molar refractivity (Wildman–Crippen MR) is 50.8 cm³/mol. The molecule has 0 fully saturated rings. The number of fused-ring (bicyclic) bond motifs is 1. The van der Waals surface area contributed by atoms with Crippen molar-refractivity contribution < 1.29 is 8.78 Å². The average Bonchev–Trinajstić information content (AvgIpc) is 2.50. The van der Waals surface area contributed by atoms with E-state index in [1.54, 1.807) is 6.92 Å². The Morgan fingerprint density at radius 2 is 2.21 bits per heavy atom. The van der Waals surface area contributed by atoms with Crippen LogP contribution in [0, 0.1) is 6.92 Å². The summed E-state index contributed by atoms with van der Waals surface area (Å²) in [7, 11) is 0. The SMILES string of the molecule is Cc1c(C(F)F)c(Cl)cc2[nH]ncc12. The molecule has 0 aliphatic carbocycles. The van der Waals surface area contributed by atoms with Crippen molar-refractivity contribution in [2.45, 2.75) is 13.3 Å². The first-order chi connectivity index (χ1) is 6.61. The summed E-state index contributed by atoms with van der Waals surface area (Å²) in [4.78, 5) is 0. The standard InChI is InChI=1S/C9H7ClF2N2/c1-4-5-3-13-14-7(5)2-6(10)8(4)9(11)12/h2-3,9H,1H3,(H,13,14). The van der Waals surface area contributed by atoms with Crippen LogP contribution < -0.4 is 0 Å². The van der Waals surface area contributed by atoms with Gasteiger partial charge in [0.2, 0.25) is 0 Å². The van der Waals surface area contributed by atoms with Gasteiger partial charge in [-0.3, -0.25) is 5.10 Å². The Balaban J connectivity index is 2.82. The second-order valence-electron chi connectivity index (χ2n) is 3.03. The van der Waals surface area contributed by atoms with Crippen molar-refractivity contribution in [1.29, 1.82) is 0 Å². The molecule has 0 aliphatic heterocycles. The van der Waals surface area contributed by atoms with Crippen LogP contribution in [0.4, 0.5) is 8.78 Å². The van der Waals surface area contributed by atoms with Crippen molar-refractivity contribution in [2.24, 2.45) is 0 Å². The molecule has 14 heavy (non-hydrogen) atoms. The Kier molecular flexibility index (Phi) is 2.15. The van der Waals surface area contributed by atoms with Crippen molar-refractivity contribution >= 4 is 22.5 Å². The molecule has 0 unspecified atom stereocenters. The molecule has 1 N–H and O–H groups in total. The van der Waals surface area contributed by atoms with E-state index in [1.807, 2.05) is 0 Å². The van der Waals surface area contributed by atoms with Crippen molar-refractivity contribution in [1.82, 2.24) is 10.2 Å². The van der Waals surface area contributed by atoms with E-state index in [0.717, 1.165) is 0 Å². The van der Waals surface area contributed by atoms with Gasteiger partial charge in [0, 0.05) is 10.9 Å². The molecule has 0 spiro atoms. The second kappa shape index (κ2) is 3.20. The van der Waals surface area contributed by atoms with Crippen LogP contribution in [0.1, 0.15) is 17.6 Å². The number of hydrogen-bond donors (Lipinski definition) is 1. The third-order valence-corrected chi connectivity index (χ3v) is 2.54. The number of nitrogens with one attached hydrogen (secondary N) is 1. The number of halogens is 3. The van der Waals surface area contributed by atoms with Crippen LogP contribution in [0.5, 0.6) is 0 Å². The smallest absolute Gasteiger partial charge is 0.265 e. The molecule has 0 bridgehead atoms. The first-order valence-corrected chi connectivity index (χ1v) is 4.39. The van der Waals surface area contributed by atoms with Crippen LogP contribution in [-0.4, -0.2) is 10.2 Å². The average molecular weight is 217 g/mol. The largest absolute Gasteiger partial charge is 0.278 e. The molecule has 0 aliphatic rings. The minimum Gasteiger partial charge on any atom is -0.278 e. The van der Waals surface area contributed by atoms with Crippen molar-refractivity contribution in [2.75, 3.05) is 0 Å². The number of aromatic nitrogens is 2. The molecule has 2 aromatic rings. The normalized spacial score (nSPS) is 11.5. The van der Waals surface area contributed by atoms with E-state index in [2.05, 4.69) is 10.2 Å². The van der Waals surface area contributed by atoms with Gasteiger partial charge < -0.3 is 0 Å². The summed E-state index contributed by atoms with van der Waals surface area (Å²) in [5.74, 6) is 0. The molecule has 74 valence electrons. The van der Waals surface area contributed by atoms with Crippen LogP contribution in [0.15, 0.2) is 12.3 Å². The molecule has 0 saturated carbocycles. The van der Waals surface area contributed by atoms with E-state index in [9.17, 15) is 8.78 Å². The molecule has 1 heterocycles. The summed E-state index contributed by atoms with van der Waals surface area (Å²) in [5, 5.41) is 7.23. The Bertz CT molecular complexity index is 479. The van der Waals surface area contributed by atoms with E-state index < -0.39 is 6.43 Å². The molecule has 2 rings (SSSR count). The number of hydrogen-bond acceptors (Lipinski definition) is 1. The van der Waals surface area contributed by atoms with Gasteiger partial charge in [0.1, 0.15) is 0 Å². The van der Waals surface area contributed by atoms with Gasteiger partial charge >= 0.3 is 0 Å². The van der Waals surface area contributed by atoms with Crippen LogP contribution in [0.3, 0.4) is 0 Å². The van der Waals surface area contributed by atoms with E-state index >= 15 is 0 Å². The zero-order chi connectivity index (χ0) is 10.3. The van der Waals surface area contributed by atoms with E-state index in [-0.39, 0.29) is 10.6 Å². The molecular formula is C9H7ClF2N2. The van der Waals surface area contributed by atoms with E-state index in [4.69, 9.17) is 11.6 Å². The van der Waals surface area contributed by atoms with Gasteiger partial charge in [0.15, 0.2) is 0 Å². The Hall–Kier alpha value is -1.16. The molecule has 5 heteroatoms. The number of aryl methyl sites for hydroxylation is 1. The molecular weight excluding hydrogens is 210 g/mol. The van der Waals surface area contributed by atoms with Gasteiger partial charge in [0.25, 0.3) is 6.43 Å². The molecule has 1 aromatic carbocycles. The number of H-pyrrole nitrogens is 1. The fraction of sp³-hybridized carbons (Fsp3) is 0.222. The number of nitrogens with zero attached hydrogens (tertiary/aromatic N) is 1. The third kappa shape index (κ3) is 1.26. The van der Waals surface area contributed by atoms with Gasteiger partial charge in [-0.2, -0.15) is 5.10 Å². The number of alkyl halides is 2. The van der Waals surface area contributed by atoms with Crippen LogP contribution in [0.2, 0.25) is 5.02 Å². The fourth-order valence-corrected chi connectivity index (χ4v) is 1.83. The first-order valence-electron chi connectivity index (χ1n) is 4.01. The topological polar surface area (TPSA) is 28.7 Å². The summed E-state index contributed by atoms with van der Waals surface area (Å²) in [6, 6.07) is 1.47. The predicted octanol–water partition coefficient (Wildman–Crippen LogP) is 3.46. The summed E-state index contributed by atoms with van der Waals surface area (Å²) in [6.07, 6.45) is -1.03. The Morgan fingerprint density at radius 3 is 2.86 bits per heavy atom. The van der Waals surface area contributed by atoms with E-state index in [0.29, 0.717) is 16.5 Å². The summed E-state index contributed by atoms with van der Waals surface area (Å²) >= 11 is 5.73. The Morgan fingerprint density at radius 1 is 1.50 bits per heavy atom. The molecule has 0 amide bonds. The van der Waals surface area contributed by atoms with Gasteiger partial charge in [-0.1, -0.05) is 11.6 Å². The lowest BCUT2D eigenvalue weighted by atomic mass is 10.1. The zero-order valence-electron chi connectivity index (χ0n) is 7.31. The van der Waals surface area contributed by atoms with Gasteiger partial charge in [0.05, 0.1) is 16.7 Å². The van der Waals surface area contributed by atoms with Crippen LogP contribution >= 0.6 is 11.6 Å². The lowest BCUT2D eigenvalue weighted by Gasteiger charge is -2.07. The minimum atomic E-state index is -2.55. The summed E-state index contributed by atoms with van der Waals surface area (Å²) < 4.78 is 25.2. The van der Waals surface area contributed by atoms with Gasteiger partial charge in [-0.25, -0.2) is 8.78 Å². The Labute approximate surface area is 83.9 Å². The maximum Gasteiger partial charge on any atom is 0.265 e. The summed E-state index contributed by atoms with van der Waals surface area (Å²) in [5.41, 5.74) is 1.05. The number of aromatic amines is 1. The molecule has 2 nitrogen and oxygen atoms in total. The van der Waals surface area contributed by atoms with Gasteiger partial charge in [-0.15, -0.1) is 0 Å². The molecule has 0 atom stereocenters. The highest BCUT2D eigenvalue weighted by atomic mass is 35.5. The van der Waals surface area contributed by atoms with Crippen LogP contribution in [-0.2, 0) is 0 Å².